The molecule has 0 saturated heterocycles. The van der Waals surface area contributed by atoms with E-state index in [0.717, 1.165) is 37.3 Å². The van der Waals surface area contributed by atoms with Crippen LogP contribution >= 0.6 is 27.7 Å². The molecule has 6 heteroatoms. The molecule has 3 aromatic rings. The monoisotopic (exact) mass is 503 g/mol. The zero-order chi connectivity index (χ0) is 23.0. The summed E-state index contributed by atoms with van der Waals surface area (Å²) in [4.78, 5) is 13.1. The second-order valence-electron chi connectivity index (χ2n) is 9.45. The Hall–Kier alpha value is -1.92. The quantitative estimate of drug-likeness (QED) is 0.352. The first kappa shape index (κ1) is 23.7. The number of hydrogen-bond acceptors (Lipinski definition) is 3. The predicted molar refractivity (Wildman–Crippen MR) is 132 cm³/mol. The number of thioether (sulfide) groups is 1. The normalized spacial score (nSPS) is 12.4. The zero-order valence-electron chi connectivity index (χ0n) is 19.0. The molecular weight excluding hydrogens is 474 g/mol. The van der Waals surface area contributed by atoms with E-state index in [0.29, 0.717) is 13.0 Å². The van der Waals surface area contributed by atoms with Crippen molar-refractivity contribution in [3.8, 4) is 5.75 Å². The number of carbonyl (C=O) groups is 1. The molecule has 0 spiro atoms. The number of benzene rings is 2. The van der Waals surface area contributed by atoms with Crippen LogP contribution in [0.5, 0.6) is 5.75 Å². The highest BCUT2D eigenvalue weighted by molar-refractivity contribution is 9.10. The van der Waals surface area contributed by atoms with Crippen molar-refractivity contribution in [1.82, 2.24) is 4.57 Å². The maximum Gasteiger partial charge on any atom is 0.309 e. The Morgan fingerprint density at radius 1 is 1.10 bits per heavy atom. The lowest BCUT2D eigenvalue weighted by Crippen LogP contribution is -2.28. The minimum Gasteiger partial charge on any atom is -0.497 e. The van der Waals surface area contributed by atoms with Crippen molar-refractivity contribution in [1.29, 1.82) is 0 Å². The van der Waals surface area contributed by atoms with Gasteiger partial charge in [-0.15, -0.1) is 11.8 Å². The number of aromatic nitrogens is 1. The lowest BCUT2D eigenvalue weighted by atomic mass is 9.88. The molecule has 2 aromatic carbocycles. The Balaban J connectivity index is 2.28. The highest BCUT2D eigenvalue weighted by Gasteiger charge is 2.32. The van der Waals surface area contributed by atoms with Gasteiger partial charge < -0.3 is 14.4 Å². The van der Waals surface area contributed by atoms with E-state index in [1.165, 1.54) is 0 Å². The van der Waals surface area contributed by atoms with Crippen molar-refractivity contribution in [2.24, 2.45) is 5.41 Å². The minimum absolute atomic E-state index is 0.0259. The zero-order valence-corrected chi connectivity index (χ0v) is 21.4. The fourth-order valence-corrected chi connectivity index (χ4v) is 4.98. The van der Waals surface area contributed by atoms with Gasteiger partial charge in [0.05, 0.1) is 12.5 Å². The van der Waals surface area contributed by atoms with E-state index in [2.05, 4.69) is 65.5 Å². The average molecular weight is 504 g/mol. The van der Waals surface area contributed by atoms with Gasteiger partial charge in [-0.1, -0.05) is 48.8 Å². The van der Waals surface area contributed by atoms with Crippen LogP contribution in [0.25, 0.3) is 10.9 Å². The fourth-order valence-electron chi connectivity index (χ4n) is 3.53. The first-order valence-corrected chi connectivity index (χ1v) is 11.9. The number of ether oxygens (including phenoxy) is 1. The van der Waals surface area contributed by atoms with Crippen LogP contribution in [-0.2, 0) is 17.8 Å². The first-order chi connectivity index (χ1) is 14.4. The largest absolute Gasteiger partial charge is 0.497 e. The van der Waals surface area contributed by atoms with Crippen LogP contribution in [0.2, 0.25) is 0 Å². The predicted octanol–water partition coefficient (Wildman–Crippen LogP) is 7.00. The highest BCUT2D eigenvalue weighted by Crippen LogP contribution is 2.44. The third-order valence-electron chi connectivity index (χ3n) is 5.18. The molecule has 1 heterocycles. The fraction of sp³-hybridized carbons (Fsp3) is 0.400. The molecule has 0 aliphatic heterocycles. The Morgan fingerprint density at radius 3 is 2.29 bits per heavy atom. The molecule has 0 radical (unpaired) electrons. The van der Waals surface area contributed by atoms with E-state index in [1.54, 1.807) is 32.7 Å². The number of hydrogen-bond donors (Lipinski definition) is 1. The molecule has 0 saturated carbocycles. The number of fused-ring (bicyclic) bond motifs is 1. The molecule has 0 amide bonds. The first-order valence-electron chi connectivity index (χ1n) is 10.3. The van der Waals surface area contributed by atoms with Crippen LogP contribution < -0.4 is 4.74 Å². The average Bonchev–Trinajstić information content (AvgIpc) is 2.94. The molecule has 0 aliphatic rings. The van der Waals surface area contributed by atoms with E-state index in [9.17, 15) is 9.90 Å². The van der Waals surface area contributed by atoms with E-state index >= 15 is 0 Å². The Morgan fingerprint density at radius 2 is 1.74 bits per heavy atom. The molecule has 0 bridgehead atoms. The van der Waals surface area contributed by atoms with Gasteiger partial charge in [-0.3, -0.25) is 4.79 Å². The van der Waals surface area contributed by atoms with Crippen LogP contribution in [0.3, 0.4) is 0 Å². The SMILES string of the molecule is COc1ccc2c(c1)c(SC(C)(C)C)c(CC(C)(C)C(=O)O)n2Cc1ccc(Br)cc1. The van der Waals surface area contributed by atoms with E-state index in [4.69, 9.17) is 4.74 Å². The number of carboxylic acids is 1. The minimum atomic E-state index is -0.886. The van der Waals surface area contributed by atoms with E-state index < -0.39 is 11.4 Å². The van der Waals surface area contributed by atoms with Gasteiger partial charge in [-0.2, -0.15) is 0 Å². The summed E-state index contributed by atoms with van der Waals surface area (Å²) in [5.74, 6) is 0.00494. The summed E-state index contributed by atoms with van der Waals surface area (Å²) in [7, 11) is 1.67. The smallest absolute Gasteiger partial charge is 0.309 e. The lowest BCUT2D eigenvalue weighted by molar-refractivity contribution is -0.146. The van der Waals surface area contributed by atoms with Gasteiger partial charge in [0.2, 0.25) is 0 Å². The van der Waals surface area contributed by atoms with Crippen molar-refractivity contribution in [3.63, 3.8) is 0 Å². The van der Waals surface area contributed by atoms with Gasteiger partial charge in [0.25, 0.3) is 0 Å². The van der Waals surface area contributed by atoms with Gasteiger partial charge in [0.1, 0.15) is 5.75 Å². The van der Waals surface area contributed by atoms with Crippen molar-refractivity contribution < 1.29 is 14.6 Å². The second-order valence-corrected chi connectivity index (χ2v) is 12.2. The van der Waals surface area contributed by atoms with Crippen molar-refractivity contribution >= 4 is 44.6 Å². The standard InChI is InChI=1S/C25H30BrNO3S/c1-24(2,3)31-22-19-13-18(30-6)11-12-20(19)27(15-16-7-9-17(26)10-8-16)21(22)14-25(4,5)23(28)29/h7-13H,14-15H2,1-6H3,(H,28,29). The van der Waals surface area contributed by atoms with E-state index in [-0.39, 0.29) is 4.75 Å². The molecular formula is C25H30BrNO3S. The van der Waals surface area contributed by atoms with Crippen molar-refractivity contribution in [3.05, 3.63) is 58.2 Å². The van der Waals surface area contributed by atoms with E-state index in [1.807, 2.05) is 18.2 Å². The van der Waals surface area contributed by atoms with Crippen molar-refractivity contribution in [2.75, 3.05) is 7.11 Å². The third kappa shape index (κ3) is 5.47. The summed E-state index contributed by atoms with van der Waals surface area (Å²) >= 11 is 5.29. The lowest BCUT2D eigenvalue weighted by Gasteiger charge is -2.24. The summed E-state index contributed by atoms with van der Waals surface area (Å²) < 4.78 is 8.79. The van der Waals surface area contributed by atoms with Gasteiger partial charge >= 0.3 is 5.97 Å². The highest BCUT2D eigenvalue weighted by atomic mass is 79.9. The number of methoxy groups -OCH3 is 1. The van der Waals surface area contributed by atoms with Crippen LogP contribution in [0.1, 0.15) is 45.9 Å². The number of carboxylic acid groups (broad SMARTS) is 1. The molecule has 0 aliphatic carbocycles. The molecule has 4 nitrogen and oxygen atoms in total. The summed E-state index contributed by atoms with van der Waals surface area (Å²) in [6.45, 7) is 10.8. The number of rotatable bonds is 7. The summed E-state index contributed by atoms with van der Waals surface area (Å²) in [5, 5.41) is 11.0. The van der Waals surface area contributed by atoms with Crippen LogP contribution in [-0.4, -0.2) is 27.5 Å². The van der Waals surface area contributed by atoms with Gasteiger partial charge in [0, 0.05) is 43.7 Å². The molecule has 1 aromatic heterocycles. The molecule has 0 unspecified atom stereocenters. The van der Waals surface area contributed by atoms with Crippen LogP contribution in [0.4, 0.5) is 0 Å². The molecule has 166 valence electrons. The third-order valence-corrected chi connectivity index (χ3v) is 6.98. The molecule has 3 rings (SSSR count). The second kappa shape index (κ2) is 8.91. The summed E-state index contributed by atoms with van der Waals surface area (Å²) in [6.07, 6.45) is 0.439. The van der Waals surface area contributed by atoms with Gasteiger partial charge in [-0.25, -0.2) is 0 Å². The van der Waals surface area contributed by atoms with Gasteiger partial charge in [0.15, 0.2) is 0 Å². The van der Waals surface area contributed by atoms with Crippen molar-refractivity contribution in [2.45, 2.75) is 57.2 Å². The molecule has 0 fully saturated rings. The maximum atomic E-state index is 12.0. The Labute approximate surface area is 197 Å². The summed E-state index contributed by atoms with van der Waals surface area (Å²) in [6, 6.07) is 14.4. The number of aliphatic carboxylic acids is 1. The van der Waals surface area contributed by atoms with Gasteiger partial charge in [-0.05, 0) is 49.7 Å². The van der Waals surface area contributed by atoms with Crippen LogP contribution in [0, 0.1) is 5.41 Å². The molecule has 1 N–H and O–H groups in total. The van der Waals surface area contributed by atoms with Crippen LogP contribution in [0.15, 0.2) is 51.8 Å². The number of halogens is 1. The number of nitrogens with zero attached hydrogens (tertiary/aromatic N) is 1. The maximum absolute atomic E-state index is 12.0. The summed E-state index contributed by atoms with van der Waals surface area (Å²) in [5.41, 5.74) is 2.42. The Bertz CT molecular complexity index is 1090. The molecule has 31 heavy (non-hydrogen) atoms. The topological polar surface area (TPSA) is 51.5 Å². The molecule has 0 atom stereocenters. The Kier molecular flexibility index (Phi) is 6.82.